The average molecular weight is 1030 g/mol. The minimum atomic E-state index is 0.472. The van der Waals surface area contributed by atoms with Gasteiger partial charge in [0, 0.05) is 34.1 Å². The Bertz CT molecular complexity index is 4650. The first kappa shape index (κ1) is 47.9. The molecule has 0 spiro atoms. The first-order chi connectivity index (χ1) is 40.0. The van der Waals surface area contributed by atoms with Crippen molar-refractivity contribution in [2.75, 3.05) is 9.80 Å². The quantitative estimate of drug-likeness (QED) is 0.126. The Kier molecular flexibility index (Phi) is 11.9. The first-order valence-electron chi connectivity index (χ1n) is 28.3. The first-order valence-corrected chi connectivity index (χ1v) is 28.3. The summed E-state index contributed by atoms with van der Waals surface area (Å²) < 4.78 is 0. The molecule has 0 saturated carbocycles. The number of allylic oxidation sites excluding steroid dienone is 1. The van der Waals surface area contributed by atoms with E-state index < -0.39 is 0 Å². The van der Waals surface area contributed by atoms with Gasteiger partial charge in [-0.1, -0.05) is 237 Å². The van der Waals surface area contributed by atoms with E-state index in [1.54, 1.807) is 0 Å². The van der Waals surface area contributed by atoms with E-state index in [4.69, 9.17) is 0 Å². The van der Waals surface area contributed by atoms with Gasteiger partial charge in [-0.2, -0.15) is 0 Å². The second-order valence-corrected chi connectivity index (χ2v) is 21.8. The summed E-state index contributed by atoms with van der Waals surface area (Å²) in [6, 6.07) is 108. The molecule has 1 atom stereocenters. The highest BCUT2D eigenvalue weighted by Crippen LogP contribution is 2.50. The molecule has 0 fully saturated rings. The van der Waals surface area contributed by atoms with Crippen molar-refractivity contribution in [3.05, 3.63) is 308 Å². The van der Waals surface area contributed by atoms with E-state index in [2.05, 4.69) is 320 Å². The maximum absolute atomic E-state index is 2.48. The van der Waals surface area contributed by atoms with Crippen LogP contribution in [0.2, 0.25) is 0 Å². The summed E-state index contributed by atoms with van der Waals surface area (Å²) in [5.41, 5.74) is 18.8. The average Bonchev–Trinajstić information content (AvgIpc) is 3.62. The van der Waals surface area contributed by atoms with Gasteiger partial charge in [0.25, 0.3) is 0 Å². The van der Waals surface area contributed by atoms with Gasteiger partial charge in [0.1, 0.15) is 0 Å². The molecule has 0 saturated heterocycles. The highest BCUT2D eigenvalue weighted by atomic mass is 15.1. The topological polar surface area (TPSA) is 6.48 Å². The van der Waals surface area contributed by atoms with Crippen LogP contribution in [0.5, 0.6) is 0 Å². The van der Waals surface area contributed by atoms with Crippen LogP contribution < -0.4 is 9.80 Å². The summed E-state index contributed by atoms with van der Waals surface area (Å²) in [6.07, 6.45) is 5.64. The molecule has 14 aromatic rings. The lowest BCUT2D eigenvalue weighted by atomic mass is 9.84. The molecular formula is C79H56N2. The summed E-state index contributed by atoms with van der Waals surface area (Å²) in [6.45, 7) is 2.31. The molecule has 0 aliphatic heterocycles. The Morgan fingerprint density at radius 3 is 1.04 bits per heavy atom. The number of benzene rings is 14. The largest absolute Gasteiger partial charge is 0.310 e. The summed E-state index contributed by atoms with van der Waals surface area (Å²) in [5, 5.41) is 12.0. The maximum Gasteiger partial charge on any atom is 0.0468 e. The molecule has 0 radical (unpaired) electrons. The van der Waals surface area contributed by atoms with Crippen LogP contribution in [0.4, 0.5) is 34.1 Å². The molecule has 2 heteroatoms. The lowest BCUT2D eigenvalue weighted by Crippen LogP contribution is -2.12. The minimum Gasteiger partial charge on any atom is -0.310 e. The minimum absolute atomic E-state index is 0.472. The standard InChI is InChI=1S/C79H56N2/c1-53-24-25-61-37-41-71(50-67(61)46-53)81(70-40-36-58-20-10-13-23-66(58)49-70)73-43-45-75-77(52-73)79(63-32-28-60(29-33-63)55-16-6-3-7-17-55)74-44-42-72(51-76(74)78(75)62-30-26-59(27-31-62)54-14-4-2-5-15-54)80(68-38-34-56-18-8-11-21-64(56)47-68)69-39-35-57-19-9-12-22-65(57)48-69/h2-45,47-53H,46H2,1H3. The number of nitrogens with zero attached hydrogens (tertiary/aromatic N) is 2. The van der Waals surface area contributed by atoms with Gasteiger partial charge in [-0.25, -0.2) is 0 Å². The van der Waals surface area contributed by atoms with Crippen molar-refractivity contribution in [2.45, 2.75) is 13.3 Å². The Labute approximate surface area is 473 Å². The molecule has 0 amide bonds. The second kappa shape index (κ2) is 20.2. The van der Waals surface area contributed by atoms with Crippen molar-refractivity contribution in [1.29, 1.82) is 0 Å². The van der Waals surface area contributed by atoms with E-state index in [-0.39, 0.29) is 0 Å². The molecule has 1 aliphatic rings. The van der Waals surface area contributed by atoms with E-state index in [1.807, 2.05) is 0 Å². The van der Waals surface area contributed by atoms with Crippen molar-refractivity contribution in [1.82, 2.24) is 0 Å². The Morgan fingerprint density at radius 1 is 0.272 bits per heavy atom. The van der Waals surface area contributed by atoms with Crippen molar-refractivity contribution in [3.63, 3.8) is 0 Å². The molecule has 382 valence electrons. The zero-order chi connectivity index (χ0) is 53.8. The summed E-state index contributed by atoms with van der Waals surface area (Å²) in [7, 11) is 0. The summed E-state index contributed by atoms with van der Waals surface area (Å²) >= 11 is 0. The van der Waals surface area contributed by atoms with Crippen LogP contribution >= 0.6 is 0 Å². The Hall–Kier alpha value is -10.3. The molecular weight excluding hydrogens is 977 g/mol. The third-order valence-corrected chi connectivity index (χ3v) is 16.7. The third-order valence-electron chi connectivity index (χ3n) is 16.7. The van der Waals surface area contributed by atoms with Gasteiger partial charge < -0.3 is 9.80 Å². The molecule has 0 N–H and O–H groups in total. The number of anilines is 6. The van der Waals surface area contributed by atoms with Crippen molar-refractivity contribution >= 4 is 94.1 Å². The van der Waals surface area contributed by atoms with Crippen molar-refractivity contribution < 1.29 is 0 Å². The maximum atomic E-state index is 2.48. The molecule has 1 aliphatic carbocycles. The monoisotopic (exact) mass is 1030 g/mol. The fourth-order valence-corrected chi connectivity index (χ4v) is 12.6. The molecule has 15 rings (SSSR count). The van der Waals surface area contributed by atoms with Gasteiger partial charge in [0.2, 0.25) is 0 Å². The van der Waals surface area contributed by atoms with Gasteiger partial charge in [-0.05, 0) is 195 Å². The third kappa shape index (κ3) is 8.88. The Balaban J connectivity index is 1.02. The van der Waals surface area contributed by atoms with E-state index in [9.17, 15) is 0 Å². The summed E-state index contributed by atoms with van der Waals surface area (Å²) in [5.74, 6) is 0.472. The molecule has 1 unspecified atom stereocenters. The zero-order valence-electron chi connectivity index (χ0n) is 45.0. The Morgan fingerprint density at radius 2 is 0.605 bits per heavy atom. The van der Waals surface area contributed by atoms with Crippen LogP contribution in [0.3, 0.4) is 0 Å². The smallest absolute Gasteiger partial charge is 0.0468 e. The van der Waals surface area contributed by atoms with Crippen LogP contribution in [0.1, 0.15) is 18.1 Å². The lowest BCUT2D eigenvalue weighted by Gasteiger charge is -2.29. The predicted molar refractivity (Wildman–Crippen MR) is 347 cm³/mol. The van der Waals surface area contributed by atoms with Crippen molar-refractivity contribution in [2.24, 2.45) is 5.92 Å². The van der Waals surface area contributed by atoms with E-state index in [0.29, 0.717) is 5.92 Å². The molecule has 2 nitrogen and oxygen atoms in total. The molecule has 0 heterocycles. The predicted octanol–water partition coefficient (Wildman–Crippen LogP) is 22.3. The van der Waals surface area contributed by atoms with Crippen LogP contribution in [-0.4, -0.2) is 0 Å². The number of fused-ring (bicyclic) bond motifs is 6. The van der Waals surface area contributed by atoms with E-state index in [1.165, 1.54) is 98.4 Å². The van der Waals surface area contributed by atoms with Gasteiger partial charge in [-0.15, -0.1) is 0 Å². The van der Waals surface area contributed by atoms with E-state index >= 15 is 0 Å². The van der Waals surface area contributed by atoms with Crippen LogP contribution in [0, 0.1) is 5.92 Å². The van der Waals surface area contributed by atoms with Crippen LogP contribution in [0.25, 0.3) is 104 Å². The van der Waals surface area contributed by atoms with Gasteiger partial charge in [-0.3, -0.25) is 0 Å². The number of rotatable bonds is 10. The summed E-state index contributed by atoms with van der Waals surface area (Å²) in [4.78, 5) is 4.92. The second-order valence-electron chi connectivity index (χ2n) is 21.8. The van der Waals surface area contributed by atoms with E-state index in [0.717, 1.165) is 51.7 Å². The highest BCUT2D eigenvalue weighted by molar-refractivity contribution is 6.23. The zero-order valence-corrected chi connectivity index (χ0v) is 45.0. The van der Waals surface area contributed by atoms with Gasteiger partial charge in [0.05, 0.1) is 0 Å². The SMILES string of the molecule is CC1C=Cc2ccc(N(c3ccc4ccccc4c3)c3ccc4c(-c5ccc(-c6ccccc6)cc5)c5cc(N(c6ccc7ccccc7c6)c6ccc7ccccc7c6)ccc5c(-c5ccc(-c6ccccc6)cc5)c4c3)cc2C1. The molecule has 0 aromatic heterocycles. The van der Waals surface area contributed by atoms with Crippen molar-refractivity contribution in [3.8, 4) is 44.5 Å². The normalized spacial score (nSPS) is 13.0. The van der Waals surface area contributed by atoms with Gasteiger partial charge in [0.15, 0.2) is 0 Å². The fourth-order valence-electron chi connectivity index (χ4n) is 12.6. The molecule has 81 heavy (non-hydrogen) atoms. The number of hydrogen-bond donors (Lipinski definition) is 0. The molecule has 14 aromatic carbocycles. The highest BCUT2D eigenvalue weighted by Gasteiger charge is 2.24. The fraction of sp³-hybridized carbons (Fsp3) is 0.0380. The lowest BCUT2D eigenvalue weighted by molar-refractivity contribution is 0.717. The molecule has 0 bridgehead atoms. The number of hydrogen-bond acceptors (Lipinski definition) is 2. The van der Waals surface area contributed by atoms with Crippen LogP contribution in [0.15, 0.2) is 297 Å². The van der Waals surface area contributed by atoms with Gasteiger partial charge >= 0.3 is 0 Å². The van der Waals surface area contributed by atoms with Crippen LogP contribution in [-0.2, 0) is 6.42 Å².